The molecule has 2 rings (SSSR count). The molecule has 0 saturated carbocycles. The number of anilines is 1. The Balaban J connectivity index is 2.50. The smallest absolute Gasteiger partial charge is 0.249 e. The SMILES string of the molecule is CCC1C(=O)NC(=O)CN1c1ccc(F)cc1C(C)=O. The molecule has 1 fully saturated rings. The average molecular weight is 278 g/mol. The summed E-state index contributed by atoms with van der Waals surface area (Å²) in [5.74, 6) is -1.67. The van der Waals surface area contributed by atoms with Crippen molar-refractivity contribution in [3.63, 3.8) is 0 Å². The van der Waals surface area contributed by atoms with E-state index in [9.17, 15) is 18.8 Å². The molecule has 0 aliphatic carbocycles. The molecule has 1 atom stereocenters. The van der Waals surface area contributed by atoms with Gasteiger partial charge in [-0.2, -0.15) is 0 Å². The second-order valence-electron chi connectivity index (χ2n) is 4.68. The largest absolute Gasteiger partial charge is 0.350 e. The molecule has 1 aliphatic rings. The van der Waals surface area contributed by atoms with Gasteiger partial charge < -0.3 is 4.90 Å². The first kappa shape index (κ1) is 14.2. The zero-order valence-electron chi connectivity index (χ0n) is 11.3. The molecular weight excluding hydrogens is 263 g/mol. The van der Waals surface area contributed by atoms with Crippen molar-refractivity contribution in [2.45, 2.75) is 26.3 Å². The van der Waals surface area contributed by atoms with Crippen molar-refractivity contribution in [2.24, 2.45) is 0 Å². The summed E-state index contributed by atoms with van der Waals surface area (Å²) in [6.07, 6.45) is 0.480. The Morgan fingerprint density at radius 3 is 2.75 bits per heavy atom. The van der Waals surface area contributed by atoms with Gasteiger partial charge in [-0.1, -0.05) is 6.92 Å². The molecule has 1 N–H and O–H groups in total. The molecule has 0 bridgehead atoms. The number of carbonyl (C=O) groups excluding carboxylic acids is 3. The fourth-order valence-electron chi connectivity index (χ4n) is 2.37. The highest BCUT2D eigenvalue weighted by atomic mass is 19.1. The monoisotopic (exact) mass is 278 g/mol. The van der Waals surface area contributed by atoms with Crippen molar-refractivity contribution in [1.29, 1.82) is 0 Å². The van der Waals surface area contributed by atoms with Gasteiger partial charge in [0.25, 0.3) is 0 Å². The fourth-order valence-corrected chi connectivity index (χ4v) is 2.37. The Labute approximate surface area is 115 Å². The number of hydrogen-bond acceptors (Lipinski definition) is 4. The number of imide groups is 1. The maximum absolute atomic E-state index is 13.3. The molecule has 2 amide bonds. The predicted molar refractivity (Wildman–Crippen MR) is 71.0 cm³/mol. The summed E-state index contributed by atoms with van der Waals surface area (Å²) >= 11 is 0. The van der Waals surface area contributed by atoms with Gasteiger partial charge in [-0.3, -0.25) is 19.7 Å². The summed E-state index contributed by atoms with van der Waals surface area (Å²) in [4.78, 5) is 36.6. The third kappa shape index (κ3) is 2.54. The molecule has 1 unspecified atom stereocenters. The van der Waals surface area contributed by atoms with Crippen LogP contribution in [0.3, 0.4) is 0 Å². The van der Waals surface area contributed by atoms with E-state index in [0.29, 0.717) is 12.1 Å². The van der Waals surface area contributed by atoms with Gasteiger partial charge in [0.05, 0.1) is 6.54 Å². The number of rotatable bonds is 3. The van der Waals surface area contributed by atoms with Crippen LogP contribution in [0.1, 0.15) is 30.6 Å². The molecule has 1 heterocycles. The van der Waals surface area contributed by atoms with E-state index in [1.165, 1.54) is 19.1 Å². The van der Waals surface area contributed by atoms with Crippen LogP contribution >= 0.6 is 0 Å². The zero-order valence-corrected chi connectivity index (χ0v) is 11.3. The standard InChI is InChI=1S/C14H15FN2O3/c1-3-11-14(20)16-13(19)7-17(11)12-5-4-9(15)6-10(12)8(2)18/h4-6,11H,3,7H2,1-2H3,(H,16,19,20). The number of nitrogens with one attached hydrogen (secondary N) is 1. The molecule has 106 valence electrons. The number of piperazine rings is 1. The van der Waals surface area contributed by atoms with E-state index in [1.807, 2.05) is 6.92 Å². The van der Waals surface area contributed by atoms with E-state index in [0.717, 1.165) is 6.07 Å². The topological polar surface area (TPSA) is 66.5 Å². The Bertz CT molecular complexity index is 586. The van der Waals surface area contributed by atoms with Crippen LogP contribution in [0.4, 0.5) is 10.1 Å². The van der Waals surface area contributed by atoms with Crippen LogP contribution in [0.25, 0.3) is 0 Å². The lowest BCUT2D eigenvalue weighted by Gasteiger charge is -2.36. The van der Waals surface area contributed by atoms with Crippen LogP contribution in [-0.2, 0) is 9.59 Å². The molecule has 1 aliphatic heterocycles. The van der Waals surface area contributed by atoms with E-state index in [2.05, 4.69) is 5.32 Å². The average Bonchev–Trinajstić information content (AvgIpc) is 2.37. The predicted octanol–water partition coefficient (Wildman–Crippen LogP) is 1.27. The molecule has 1 saturated heterocycles. The van der Waals surface area contributed by atoms with E-state index in [-0.39, 0.29) is 17.9 Å². The first-order valence-corrected chi connectivity index (χ1v) is 6.35. The molecule has 0 spiro atoms. The van der Waals surface area contributed by atoms with Gasteiger partial charge in [-0.15, -0.1) is 0 Å². The number of hydrogen-bond donors (Lipinski definition) is 1. The number of halogens is 1. The van der Waals surface area contributed by atoms with Crippen molar-refractivity contribution in [3.8, 4) is 0 Å². The van der Waals surface area contributed by atoms with Crippen LogP contribution < -0.4 is 10.2 Å². The van der Waals surface area contributed by atoms with Crippen LogP contribution in [0.2, 0.25) is 0 Å². The van der Waals surface area contributed by atoms with E-state index in [4.69, 9.17) is 0 Å². The van der Waals surface area contributed by atoms with Crippen molar-refractivity contribution < 1.29 is 18.8 Å². The Kier molecular flexibility index (Phi) is 3.83. The third-order valence-electron chi connectivity index (χ3n) is 3.29. The number of amides is 2. The summed E-state index contributed by atoms with van der Waals surface area (Å²) in [6.45, 7) is 3.10. The van der Waals surface area contributed by atoms with Gasteiger partial charge in [-0.05, 0) is 31.5 Å². The summed E-state index contributed by atoms with van der Waals surface area (Å²) in [5, 5.41) is 2.26. The van der Waals surface area contributed by atoms with Crippen LogP contribution in [0, 0.1) is 5.82 Å². The van der Waals surface area contributed by atoms with Gasteiger partial charge in [0, 0.05) is 11.3 Å². The van der Waals surface area contributed by atoms with E-state index >= 15 is 0 Å². The number of Topliss-reactive ketones (excluding diaryl/α,β-unsaturated/α-hetero) is 1. The number of benzene rings is 1. The summed E-state index contributed by atoms with van der Waals surface area (Å²) in [7, 11) is 0. The lowest BCUT2D eigenvalue weighted by Crippen LogP contribution is -2.58. The Hall–Kier alpha value is -2.24. The molecule has 20 heavy (non-hydrogen) atoms. The highest BCUT2D eigenvalue weighted by Crippen LogP contribution is 2.26. The zero-order chi connectivity index (χ0) is 14.9. The van der Waals surface area contributed by atoms with Crippen LogP contribution in [0.5, 0.6) is 0 Å². The molecule has 0 aromatic heterocycles. The van der Waals surface area contributed by atoms with E-state index in [1.54, 1.807) is 4.90 Å². The van der Waals surface area contributed by atoms with E-state index < -0.39 is 23.7 Å². The number of nitrogens with zero attached hydrogens (tertiary/aromatic N) is 1. The second kappa shape index (κ2) is 5.40. The van der Waals surface area contributed by atoms with Crippen LogP contribution in [0.15, 0.2) is 18.2 Å². The third-order valence-corrected chi connectivity index (χ3v) is 3.29. The van der Waals surface area contributed by atoms with Gasteiger partial charge in [-0.25, -0.2) is 4.39 Å². The van der Waals surface area contributed by atoms with Gasteiger partial charge >= 0.3 is 0 Å². The van der Waals surface area contributed by atoms with Crippen molar-refractivity contribution in [2.75, 3.05) is 11.4 Å². The minimum absolute atomic E-state index is 0.0316. The maximum Gasteiger partial charge on any atom is 0.249 e. The quantitative estimate of drug-likeness (QED) is 0.668. The fraction of sp³-hybridized carbons (Fsp3) is 0.357. The summed E-state index contributed by atoms with van der Waals surface area (Å²) in [6, 6.07) is 3.23. The highest BCUT2D eigenvalue weighted by Gasteiger charge is 2.34. The Morgan fingerprint density at radius 1 is 1.45 bits per heavy atom. The van der Waals surface area contributed by atoms with Crippen LogP contribution in [-0.4, -0.2) is 30.2 Å². The molecule has 0 radical (unpaired) electrons. The molecular formula is C14H15FN2O3. The Morgan fingerprint density at radius 2 is 2.15 bits per heavy atom. The first-order valence-electron chi connectivity index (χ1n) is 6.35. The molecule has 6 heteroatoms. The lowest BCUT2D eigenvalue weighted by atomic mass is 10.0. The molecule has 1 aromatic rings. The lowest BCUT2D eigenvalue weighted by molar-refractivity contribution is -0.132. The van der Waals surface area contributed by atoms with Crippen molar-refractivity contribution in [3.05, 3.63) is 29.6 Å². The minimum Gasteiger partial charge on any atom is -0.350 e. The van der Waals surface area contributed by atoms with Gasteiger partial charge in [0.1, 0.15) is 11.9 Å². The molecule has 1 aromatic carbocycles. The number of ketones is 1. The number of carbonyl (C=O) groups is 3. The van der Waals surface area contributed by atoms with Gasteiger partial charge in [0.2, 0.25) is 11.8 Å². The summed E-state index contributed by atoms with van der Waals surface area (Å²) in [5.41, 5.74) is 0.583. The van der Waals surface area contributed by atoms with Crippen molar-refractivity contribution in [1.82, 2.24) is 5.32 Å². The van der Waals surface area contributed by atoms with Crippen molar-refractivity contribution >= 4 is 23.3 Å². The molecule has 5 nitrogen and oxygen atoms in total. The highest BCUT2D eigenvalue weighted by molar-refractivity contribution is 6.07. The minimum atomic E-state index is -0.545. The second-order valence-corrected chi connectivity index (χ2v) is 4.68. The maximum atomic E-state index is 13.3. The van der Waals surface area contributed by atoms with Gasteiger partial charge in [0.15, 0.2) is 5.78 Å². The first-order chi connectivity index (χ1) is 9.43. The summed E-state index contributed by atoms with van der Waals surface area (Å²) < 4.78 is 13.3. The normalized spacial score (nSPS) is 18.9.